The van der Waals surface area contributed by atoms with Crippen molar-refractivity contribution in [2.24, 2.45) is 0 Å². The third-order valence-electron chi connectivity index (χ3n) is 4.73. The first kappa shape index (κ1) is 18.7. The zero-order chi connectivity index (χ0) is 19.7. The fraction of sp³-hybridized carbons (Fsp3) is 0.227. The molecule has 1 amide bonds. The third-order valence-corrected chi connectivity index (χ3v) is 4.73. The molecular weight excluding hydrogens is 345 g/mol. The van der Waals surface area contributed by atoms with Crippen LogP contribution in [0.1, 0.15) is 29.4 Å². The lowest BCUT2D eigenvalue weighted by Crippen LogP contribution is -2.08. The number of hydrogen-bond donors (Lipinski definition) is 1. The topological polar surface area (TPSA) is 51.5 Å². The Morgan fingerprint density at radius 3 is 2.44 bits per heavy atom. The van der Waals surface area contributed by atoms with Crippen LogP contribution in [-0.4, -0.2) is 13.0 Å². The molecule has 0 bridgehead atoms. The van der Waals surface area contributed by atoms with Gasteiger partial charge in [-0.3, -0.25) is 4.79 Å². The number of amides is 1. The molecule has 0 saturated heterocycles. The molecule has 3 rings (SSSR count). The number of halogens is 1. The Balaban J connectivity index is 1.99. The highest BCUT2D eigenvalue weighted by Crippen LogP contribution is 2.38. The Bertz CT molecular complexity index is 1050. The van der Waals surface area contributed by atoms with Crippen molar-refractivity contribution in [1.29, 1.82) is 0 Å². The normalized spacial score (nSPS) is 11.7. The third kappa shape index (κ3) is 3.58. The summed E-state index contributed by atoms with van der Waals surface area (Å²) in [7, 11) is 1.60. The first-order chi connectivity index (χ1) is 12.8. The van der Waals surface area contributed by atoms with Gasteiger partial charge in [0.15, 0.2) is 0 Å². The smallest absolute Gasteiger partial charge is 0.248 e. The monoisotopic (exact) mass is 367 g/mol. The average molecular weight is 367 g/mol. The highest BCUT2D eigenvalue weighted by Gasteiger charge is 2.18. The quantitative estimate of drug-likeness (QED) is 0.615. The Morgan fingerprint density at radius 1 is 1.15 bits per heavy atom. The molecule has 0 saturated carbocycles. The molecule has 1 N–H and O–H groups in total. The molecule has 0 aliphatic carbocycles. The molecular formula is C22H22FNO3. The summed E-state index contributed by atoms with van der Waals surface area (Å²) in [6.07, 6.45) is 1.51. The summed E-state index contributed by atoms with van der Waals surface area (Å²) in [5.74, 6) is 0.903. The van der Waals surface area contributed by atoms with Gasteiger partial charge in [-0.15, -0.1) is 0 Å². The maximum Gasteiger partial charge on any atom is 0.248 e. The van der Waals surface area contributed by atoms with Gasteiger partial charge in [-0.05, 0) is 69.2 Å². The lowest BCUT2D eigenvalue weighted by atomic mass is 9.98. The van der Waals surface area contributed by atoms with E-state index in [2.05, 4.69) is 5.32 Å². The summed E-state index contributed by atoms with van der Waals surface area (Å²) in [6.45, 7) is 7.74. The highest BCUT2D eigenvalue weighted by molar-refractivity contribution is 6.05. The van der Waals surface area contributed by atoms with E-state index in [0.29, 0.717) is 11.4 Å². The van der Waals surface area contributed by atoms with Crippen molar-refractivity contribution >= 4 is 28.1 Å². The molecule has 0 unspecified atom stereocenters. The van der Waals surface area contributed by atoms with Crippen LogP contribution in [0.4, 0.5) is 10.1 Å². The van der Waals surface area contributed by atoms with E-state index in [1.165, 1.54) is 30.3 Å². The molecule has 0 aliphatic heterocycles. The Hall–Kier alpha value is -3.08. The fourth-order valence-electron chi connectivity index (χ4n) is 3.15. The van der Waals surface area contributed by atoms with Crippen molar-refractivity contribution in [2.75, 3.05) is 12.4 Å². The summed E-state index contributed by atoms with van der Waals surface area (Å²) in [6, 6.07) is 7.63. The van der Waals surface area contributed by atoms with Gasteiger partial charge in [0.1, 0.15) is 22.9 Å². The Labute approximate surface area is 157 Å². The number of nitrogens with one attached hydrogen (secondary N) is 1. The molecule has 4 nitrogen and oxygen atoms in total. The van der Waals surface area contributed by atoms with Crippen molar-refractivity contribution in [3.63, 3.8) is 0 Å². The average Bonchev–Trinajstić information content (AvgIpc) is 2.92. The minimum absolute atomic E-state index is 0.293. The minimum atomic E-state index is -0.348. The molecule has 2 aromatic carbocycles. The van der Waals surface area contributed by atoms with E-state index in [1.54, 1.807) is 7.11 Å². The number of hydrogen-bond acceptors (Lipinski definition) is 3. The minimum Gasteiger partial charge on any atom is -0.496 e. The van der Waals surface area contributed by atoms with E-state index >= 15 is 0 Å². The van der Waals surface area contributed by atoms with Crippen LogP contribution in [0.5, 0.6) is 5.75 Å². The number of rotatable bonds is 4. The van der Waals surface area contributed by atoms with Gasteiger partial charge in [-0.2, -0.15) is 0 Å². The molecule has 0 aliphatic rings. The Kier molecular flexibility index (Phi) is 5.04. The van der Waals surface area contributed by atoms with Gasteiger partial charge in [0, 0.05) is 28.3 Å². The second-order valence-corrected chi connectivity index (χ2v) is 6.57. The van der Waals surface area contributed by atoms with Crippen LogP contribution in [0.15, 0.2) is 40.8 Å². The lowest BCUT2D eigenvalue weighted by Gasteiger charge is -2.13. The molecule has 0 fully saturated rings. The number of methoxy groups -OCH3 is 1. The maximum atomic E-state index is 13.0. The summed E-state index contributed by atoms with van der Waals surface area (Å²) >= 11 is 0. The van der Waals surface area contributed by atoms with Gasteiger partial charge in [0.2, 0.25) is 5.91 Å². The fourth-order valence-corrected chi connectivity index (χ4v) is 3.15. The molecule has 0 radical (unpaired) electrons. The number of allylic oxidation sites excluding steroid dienone is 1. The SMILES string of the molecule is COc1c(/C(C)=C/C(=O)Nc2ccc(F)cc2)cc2c(C)c(C)oc2c1C. The number of carbonyl (C=O) groups excluding carboxylic acids is 1. The molecule has 5 heteroatoms. The maximum absolute atomic E-state index is 13.0. The number of fused-ring (bicyclic) bond motifs is 1. The molecule has 140 valence electrons. The zero-order valence-electron chi connectivity index (χ0n) is 16.1. The van der Waals surface area contributed by atoms with Crippen LogP contribution in [0.3, 0.4) is 0 Å². The van der Waals surface area contributed by atoms with Gasteiger partial charge in [0.25, 0.3) is 0 Å². The second-order valence-electron chi connectivity index (χ2n) is 6.57. The molecule has 1 heterocycles. The molecule has 27 heavy (non-hydrogen) atoms. The second kappa shape index (κ2) is 7.27. The van der Waals surface area contributed by atoms with Crippen LogP contribution in [-0.2, 0) is 4.79 Å². The van der Waals surface area contributed by atoms with Crippen LogP contribution in [0.25, 0.3) is 16.5 Å². The molecule has 3 aromatic rings. The number of benzene rings is 2. The lowest BCUT2D eigenvalue weighted by molar-refractivity contribution is -0.111. The van der Waals surface area contributed by atoms with Gasteiger partial charge in [-0.25, -0.2) is 4.39 Å². The standard InChI is InChI=1S/C22H22FNO3/c1-12(10-20(25)24-17-8-6-16(23)7-9-17)18-11-19-13(2)15(4)27-22(19)14(3)21(18)26-5/h6-11H,1-5H3,(H,24,25)/b12-10+. The molecule has 0 spiro atoms. The van der Waals surface area contributed by atoms with Gasteiger partial charge >= 0.3 is 0 Å². The predicted molar refractivity (Wildman–Crippen MR) is 106 cm³/mol. The van der Waals surface area contributed by atoms with Crippen molar-refractivity contribution < 1.29 is 18.3 Å². The largest absolute Gasteiger partial charge is 0.496 e. The van der Waals surface area contributed by atoms with Gasteiger partial charge in [0.05, 0.1) is 7.11 Å². The van der Waals surface area contributed by atoms with E-state index in [9.17, 15) is 9.18 Å². The van der Waals surface area contributed by atoms with Crippen LogP contribution in [0, 0.1) is 26.6 Å². The number of ether oxygens (including phenoxy) is 1. The predicted octanol–water partition coefficient (Wildman–Crippen LogP) is 5.55. The number of anilines is 1. The summed E-state index contributed by atoms with van der Waals surface area (Å²) < 4.78 is 24.5. The summed E-state index contributed by atoms with van der Waals surface area (Å²) in [4.78, 5) is 12.4. The molecule has 0 atom stereocenters. The highest BCUT2D eigenvalue weighted by atomic mass is 19.1. The first-order valence-electron chi connectivity index (χ1n) is 8.64. The van der Waals surface area contributed by atoms with Crippen molar-refractivity contribution in [3.05, 3.63) is 64.7 Å². The summed E-state index contributed by atoms with van der Waals surface area (Å²) in [5.41, 5.74) is 4.89. The summed E-state index contributed by atoms with van der Waals surface area (Å²) in [5, 5.41) is 3.74. The van der Waals surface area contributed by atoms with Gasteiger partial charge < -0.3 is 14.5 Å². The molecule has 1 aromatic heterocycles. The van der Waals surface area contributed by atoms with Gasteiger partial charge in [-0.1, -0.05) is 0 Å². The van der Waals surface area contributed by atoms with E-state index in [1.807, 2.05) is 33.8 Å². The van der Waals surface area contributed by atoms with Crippen LogP contribution >= 0.6 is 0 Å². The Morgan fingerprint density at radius 2 is 1.81 bits per heavy atom. The van der Waals surface area contributed by atoms with Crippen molar-refractivity contribution in [2.45, 2.75) is 27.7 Å². The van der Waals surface area contributed by atoms with Crippen molar-refractivity contribution in [1.82, 2.24) is 0 Å². The van der Waals surface area contributed by atoms with Crippen molar-refractivity contribution in [3.8, 4) is 5.75 Å². The van der Waals surface area contributed by atoms with E-state index < -0.39 is 0 Å². The van der Waals surface area contributed by atoms with E-state index in [0.717, 1.165) is 39.0 Å². The number of carbonyl (C=O) groups is 1. The zero-order valence-corrected chi connectivity index (χ0v) is 16.1. The number of furan rings is 1. The first-order valence-corrected chi connectivity index (χ1v) is 8.64. The van der Waals surface area contributed by atoms with Crippen LogP contribution in [0.2, 0.25) is 0 Å². The van der Waals surface area contributed by atoms with E-state index in [-0.39, 0.29) is 11.7 Å². The van der Waals surface area contributed by atoms with E-state index in [4.69, 9.17) is 9.15 Å². The number of aryl methyl sites for hydroxylation is 3. The van der Waals surface area contributed by atoms with Crippen LogP contribution < -0.4 is 10.1 Å².